The van der Waals surface area contributed by atoms with Crippen LogP contribution in [0.3, 0.4) is 0 Å². The Kier molecular flexibility index (Phi) is 5.90. The zero-order chi connectivity index (χ0) is 21.9. The summed E-state index contributed by atoms with van der Waals surface area (Å²) in [4.78, 5) is 13.2. The van der Waals surface area contributed by atoms with Crippen molar-refractivity contribution in [1.82, 2.24) is 9.78 Å². The number of hydrogen-bond acceptors (Lipinski definition) is 4. The highest BCUT2D eigenvalue weighted by atomic mass is 19.1. The summed E-state index contributed by atoms with van der Waals surface area (Å²) in [6.45, 7) is 1.30. The lowest BCUT2D eigenvalue weighted by Crippen LogP contribution is -2.17. The number of anilines is 1. The highest BCUT2D eigenvalue weighted by Gasteiger charge is 2.26. The van der Waals surface area contributed by atoms with Crippen LogP contribution in [0.5, 0.6) is 5.75 Å². The molecule has 32 heavy (non-hydrogen) atoms. The monoisotopic (exact) mass is 435 g/mol. The molecule has 2 aliphatic rings. The van der Waals surface area contributed by atoms with Crippen molar-refractivity contribution in [3.05, 3.63) is 71.3 Å². The van der Waals surface area contributed by atoms with Crippen LogP contribution >= 0.6 is 0 Å². The number of fused-ring (bicyclic) bond motifs is 1. The third kappa shape index (κ3) is 4.39. The molecule has 2 heterocycles. The number of halogens is 1. The molecule has 1 saturated heterocycles. The number of carbonyl (C=O) groups is 1. The van der Waals surface area contributed by atoms with Gasteiger partial charge in [-0.05, 0) is 74.9 Å². The molecule has 3 aromatic rings. The predicted octanol–water partition coefficient (Wildman–Crippen LogP) is 4.70. The number of carbonyl (C=O) groups excluding carboxylic acids is 1. The van der Waals surface area contributed by atoms with Gasteiger partial charge in [0.15, 0.2) is 5.69 Å². The molecular weight excluding hydrogens is 409 g/mol. The standard InChI is InChI=1S/C25H26FN3O3/c26-17-10-12-19(13-11-17)29-23-9-2-1-8-22(23)24(28-29)25(30)27-18-5-3-6-20(15-18)32-16-21-7-4-14-31-21/h3,5-6,10-13,15,21H,1-2,4,7-9,14,16H2,(H,27,30). The number of nitrogens with one attached hydrogen (secondary N) is 1. The molecule has 2 aromatic carbocycles. The molecule has 5 rings (SSSR count). The van der Waals surface area contributed by atoms with Crippen molar-refractivity contribution < 1.29 is 18.7 Å². The van der Waals surface area contributed by atoms with Crippen molar-refractivity contribution in [2.75, 3.05) is 18.5 Å². The van der Waals surface area contributed by atoms with Crippen LogP contribution in [0.2, 0.25) is 0 Å². The van der Waals surface area contributed by atoms with Gasteiger partial charge in [-0.3, -0.25) is 4.79 Å². The molecule has 1 amide bonds. The average Bonchev–Trinajstić information content (AvgIpc) is 3.47. The van der Waals surface area contributed by atoms with E-state index in [1.807, 2.05) is 24.3 Å². The van der Waals surface area contributed by atoms with Crippen LogP contribution in [0.15, 0.2) is 48.5 Å². The second-order valence-electron chi connectivity index (χ2n) is 8.30. The number of hydrogen-bond donors (Lipinski definition) is 1. The Balaban J connectivity index is 1.35. The molecule has 0 bridgehead atoms. The second-order valence-corrected chi connectivity index (χ2v) is 8.30. The lowest BCUT2D eigenvalue weighted by atomic mass is 9.95. The first-order valence-corrected chi connectivity index (χ1v) is 11.2. The van der Waals surface area contributed by atoms with Crippen LogP contribution in [-0.4, -0.2) is 35.0 Å². The first kappa shape index (κ1) is 20.7. The Morgan fingerprint density at radius 1 is 1.16 bits per heavy atom. The Bertz CT molecular complexity index is 1100. The molecule has 1 aliphatic carbocycles. The Labute approximate surface area is 186 Å². The van der Waals surface area contributed by atoms with Crippen molar-refractivity contribution in [3.8, 4) is 11.4 Å². The van der Waals surface area contributed by atoms with Gasteiger partial charge in [0.05, 0.1) is 11.8 Å². The van der Waals surface area contributed by atoms with E-state index in [9.17, 15) is 9.18 Å². The maximum atomic E-state index is 13.4. The van der Waals surface area contributed by atoms with Crippen molar-refractivity contribution in [2.45, 2.75) is 44.6 Å². The Morgan fingerprint density at radius 3 is 2.81 bits per heavy atom. The van der Waals surface area contributed by atoms with Crippen molar-refractivity contribution in [3.63, 3.8) is 0 Å². The van der Waals surface area contributed by atoms with Crippen LogP contribution in [0.1, 0.15) is 47.4 Å². The summed E-state index contributed by atoms with van der Waals surface area (Å²) >= 11 is 0. The highest BCUT2D eigenvalue weighted by molar-refractivity contribution is 6.04. The van der Waals surface area contributed by atoms with Crippen LogP contribution in [0.25, 0.3) is 5.69 Å². The predicted molar refractivity (Wildman–Crippen MR) is 119 cm³/mol. The topological polar surface area (TPSA) is 65.4 Å². The molecule has 1 unspecified atom stereocenters. The minimum absolute atomic E-state index is 0.134. The number of ether oxygens (including phenoxy) is 2. The largest absolute Gasteiger partial charge is 0.491 e. The molecule has 1 N–H and O–H groups in total. The summed E-state index contributed by atoms with van der Waals surface area (Å²) < 4.78 is 26.6. The third-order valence-electron chi connectivity index (χ3n) is 6.02. The Hall–Kier alpha value is -3.19. The normalized spacial score (nSPS) is 17.7. The molecule has 166 valence electrons. The minimum atomic E-state index is -0.297. The molecular formula is C25H26FN3O3. The molecule has 1 aliphatic heterocycles. The molecule has 0 radical (unpaired) electrons. The van der Waals surface area contributed by atoms with Crippen molar-refractivity contribution in [2.24, 2.45) is 0 Å². The van der Waals surface area contributed by atoms with Gasteiger partial charge in [0.1, 0.15) is 18.2 Å². The summed E-state index contributed by atoms with van der Waals surface area (Å²) in [5.74, 6) is 0.145. The van der Waals surface area contributed by atoms with E-state index >= 15 is 0 Å². The van der Waals surface area contributed by atoms with E-state index < -0.39 is 0 Å². The number of benzene rings is 2. The highest BCUT2D eigenvalue weighted by Crippen LogP contribution is 2.28. The van der Waals surface area contributed by atoms with E-state index in [0.717, 1.165) is 62.1 Å². The van der Waals surface area contributed by atoms with Gasteiger partial charge in [-0.1, -0.05) is 6.07 Å². The fraction of sp³-hybridized carbons (Fsp3) is 0.360. The van der Waals surface area contributed by atoms with E-state index in [2.05, 4.69) is 10.4 Å². The summed E-state index contributed by atoms with van der Waals surface area (Å²) in [5.41, 5.74) is 3.84. The SMILES string of the molecule is O=C(Nc1cccc(OCC2CCCO2)c1)c1nn(-c2ccc(F)cc2)c2c1CCCC2. The fourth-order valence-electron chi connectivity index (χ4n) is 4.40. The zero-order valence-corrected chi connectivity index (χ0v) is 17.9. The van der Waals surface area contributed by atoms with Gasteiger partial charge in [-0.2, -0.15) is 5.10 Å². The van der Waals surface area contributed by atoms with Gasteiger partial charge in [0.2, 0.25) is 0 Å². The van der Waals surface area contributed by atoms with E-state index in [1.54, 1.807) is 16.8 Å². The smallest absolute Gasteiger partial charge is 0.276 e. The van der Waals surface area contributed by atoms with E-state index in [4.69, 9.17) is 9.47 Å². The first-order chi connectivity index (χ1) is 15.7. The fourth-order valence-corrected chi connectivity index (χ4v) is 4.40. The van der Waals surface area contributed by atoms with Crippen LogP contribution in [0.4, 0.5) is 10.1 Å². The first-order valence-electron chi connectivity index (χ1n) is 11.2. The minimum Gasteiger partial charge on any atom is -0.491 e. The average molecular weight is 435 g/mol. The third-order valence-corrected chi connectivity index (χ3v) is 6.02. The number of nitrogens with zero attached hydrogens (tertiary/aromatic N) is 2. The molecule has 1 atom stereocenters. The molecule has 7 heteroatoms. The summed E-state index contributed by atoms with van der Waals surface area (Å²) in [6.07, 6.45) is 5.94. The van der Waals surface area contributed by atoms with Gasteiger partial charge < -0.3 is 14.8 Å². The number of rotatable bonds is 6. The van der Waals surface area contributed by atoms with Gasteiger partial charge in [0, 0.05) is 29.6 Å². The quantitative estimate of drug-likeness (QED) is 0.610. The van der Waals surface area contributed by atoms with Gasteiger partial charge in [-0.25, -0.2) is 9.07 Å². The van der Waals surface area contributed by atoms with Crippen molar-refractivity contribution in [1.29, 1.82) is 0 Å². The van der Waals surface area contributed by atoms with Crippen LogP contribution in [0, 0.1) is 5.82 Å². The molecule has 1 fully saturated rings. The number of aromatic nitrogens is 2. The number of amides is 1. The summed E-state index contributed by atoms with van der Waals surface area (Å²) in [5, 5.41) is 7.60. The Morgan fingerprint density at radius 2 is 2.00 bits per heavy atom. The van der Waals surface area contributed by atoms with Gasteiger partial charge in [-0.15, -0.1) is 0 Å². The van der Waals surface area contributed by atoms with E-state index in [1.165, 1.54) is 12.1 Å². The second kappa shape index (κ2) is 9.12. The lowest BCUT2D eigenvalue weighted by molar-refractivity contribution is 0.0680. The molecule has 0 saturated carbocycles. The molecule has 6 nitrogen and oxygen atoms in total. The maximum absolute atomic E-state index is 13.4. The van der Waals surface area contributed by atoms with Gasteiger partial charge in [0.25, 0.3) is 5.91 Å². The summed E-state index contributed by atoms with van der Waals surface area (Å²) in [6, 6.07) is 13.6. The van der Waals surface area contributed by atoms with Gasteiger partial charge >= 0.3 is 0 Å². The molecule has 1 aromatic heterocycles. The lowest BCUT2D eigenvalue weighted by Gasteiger charge is -2.14. The van der Waals surface area contributed by atoms with Crippen LogP contribution in [-0.2, 0) is 17.6 Å². The van der Waals surface area contributed by atoms with Crippen LogP contribution < -0.4 is 10.1 Å². The maximum Gasteiger partial charge on any atom is 0.276 e. The van der Waals surface area contributed by atoms with E-state index in [0.29, 0.717) is 23.7 Å². The van der Waals surface area contributed by atoms with E-state index in [-0.39, 0.29) is 17.8 Å². The van der Waals surface area contributed by atoms with Crippen molar-refractivity contribution >= 4 is 11.6 Å². The summed E-state index contributed by atoms with van der Waals surface area (Å²) in [7, 11) is 0. The zero-order valence-electron chi connectivity index (χ0n) is 17.9. The molecule has 0 spiro atoms.